The zero-order valence-corrected chi connectivity index (χ0v) is 25.2. The van der Waals surface area contributed by atoms with E-state index in [1.54, 1.807) is 0 Å². The summed E-state index contributed by atoms with van der Waals surface area (Å²) >= 11 is 0. The molecular weight excluding hydrogens is 594 g/mol. The molecule has 0 spiro atoms. The number of hydrogen-bond acceptors (Lipinski definition) is 10. The monoisotopic (exact) mass is 637 g/mol. The van der Waals surface area contributed by atoms with Crippen molar-refractivity contribution in [2.45, 2.75) is 82.6 Å². The summed E-state index contributed by atoms with van der Waals surface area (Å²) in [5, 5.41) is 39.4. The molecule has 0 heterocycles. The molecule has 0 aromatic heterocycles. The van der Waals surface area contributed by atoms with Gasteiger partial charge in [0.05, 0.1) is 12.6 Å². The molecule has 0 radical (unpaired) electrons. The summed E-state index contributed by atoms with van der Waals surface area (Å²) in [7, 11) is 0. The predicted molar refractivity (Wildman–Crippen MR) is 159 cm³/mol. The first-order chi connectivity index (χ1) is 21.1. The molecule has 1 aromatic carbocycles. The molecule has 17 nitrogen and oxygen atoms in total. The van der Waals surface area contributed by atoms with Gasteiger partial charge >= 0.3 is 11.9 Å². The molecule has 0 unspecified atom stereocenters. The average Bonchev–Trinajstić information content (AvgIpc) is 2.98. The predicted octanol–water partition coefficient (Wildman–Crippen LogP) is -2.56. The number of phenols is 1. The van der Waals surface area contributed by atoms with Crippen molar-refractivity contribution in [1.82, 2.24) is 26.6 Å². The van der Waals surface area contributed by atoms with E-state index in [1.165, 1.54) is 38.1 Å². The molecule has 0 aliphatic heterocycles. The first kappa shape index (κ1) is 38.3. The highest BCUT2D eigenvalue weighted by atomic mass is 16.4. The van der Waals surface area contributed by atoms with E-state index in [0.717, 1.165) is 0 Å². The van der Waals surface area contributed by atoms with Gasteiger partial charge in [-0.15, -0.1) is 0 Å². The number of carboxylic acids is 2. The van der Waals surface area contributed by atoms with Gasteiger partial charge in [0, 0.05) is 12.8 Å². The van der Waals surface area contributed by atoms with E-state index >= 15 is 0 Å². The highest BCUT2D eigenvalue weighted by Crippen LogP contribution is 2.12. The Hall–Kier alpha value is -4.77. The van der Waals surface area contributed by atoms with Gasteiger partial charge in [-0.3, -0.25) is 33.6 Å². The fourth-order valence-corrected chi connectivity index (χ4v) is 3.84. The number of carbonyl (C=O) groups is 7. The molecule has 0 fully saturated rings. The molecule has 12 N–H and O–H groups in total. The minimum atomic E-state index is -1.29. The largest absolute Gasteiger partial charge is 0.508 e. The number of aromatic hydroxyl groups is 1. The zero-order valence-electron chi connectivity index (χ0n) is 25.2. The molecule has 0 saturated carbocycles. The maximum absolute atomic E-state index is 13.0. The lowest BCUT2D eigenvalue weighted by molar-refractivity contribution is -0.141. The number of unbranched alkanes of at least 4 members (excludes halogenated alkanes) is 1. The molecule has 0 saturated heterocycles. The number of nitrogens with one attached hydrogen (secondary N) is 5. The summed E-state index contributed by atoms with van der Waals surface area (Å²) in [6.45, 7) is 2.33. The molecule has 45 heavy (non-hydrogen) atoms. The smallest absolute Gasteiger partial charge is 0.325 e. The molecular formula is C28H43N7O10. The second-order valence-corrected chi connectivity index (χ2v) is 10.4. The number of benzene rings is 1. The molecule has 1 aromatic rings. The third-order valence-corrected chi connectivity index (χ3v) is 6.52. The van der Waals surface area contributed by atoms with Crippen LogP contribution in [0.25, 0.3) is 0 Å². The van der Waals surface area contributed by atoms with E-state index in [9.17, 15) is 38.7 Å². The van der Waals surface area contributed by atoms with Crippen LogP contribution < -0.4 is 38.1 Å². The highest BCUT2D eigenvalue weighted by Gasteiger charge is 2.28. The van der Waals surface area contributed by atoms with Gasteiger partial charge < -0.3 is 53.4 Å². The molecule has 0 bridgehead atoms. The first-order valence-electron chi connectivity index (χ1n) is 14.3. The average molecular weight is 638 g/mol. The van der Waals surface area contributed by atoms with Crippen LogP contribution in [0.5, 0.6) is 5.75 Å². The van der Waals surface area contributed by atoms with Crippen LogP contribution in [0.1, 0.15) is 51.5 Å². The maximum atomic E-state index is 13.0. The summed E-state index contributed by atoms with van der Waals surface area (Å²) in [5.74, 6) is -6.22. The fourth-order valence-electron chi connectivity index (χ4n) is 3.84. The van der Waals surface area contributed by atoms with Crippen LogP contribution in [-0.2, 0) is 40.0 Å². The van der Waals surface area contributed by atoms with Gasteiger partial charge in [-0.05, 0) is 63.8 Å². The Morgan fingerprint density at radius 1 is 0.756 bits per heavy atom. The molecule has 17 heteroatoms. The third-order valence-electron chi connectivity index (χ3n) is 6.52. The van der Waals surface area contributed by atoms with Gasteiger partial charge in [0.25, 0.3) is 0 Å². The van der Waals surface area contributed by atoms with Crippen molar-refractivity contribution in [3.8, 4) is 5.75 Å². The Morgan fingerprint density at radius 2 is 1.38 bits per heavy atom. The minimum Gasteiger partial charge on any atom is -0.508 e. The minimum absolute atomic E-state index is 0.0183. The lowest BCUT2D eigenvalue weighted by atomic mass is 10.0. The molecule has 250 valence electrons. The number of nitrogens with two attached hydrogens (primary N) is 2. The van der Waals surface area contributed by atoms with Crippen molar-refractivity contribution >= 4 is 41.5 Å². The summed E-state index contributed by atoms with van der Waals surface area (Å²) in [6, 6.07) is -0.0903. The number of rotatable bonds is 20. The van der Waals surface area contributed by atoms with E-state index in [4.69, 9.17) is 21.7 Å². The Kier molecular flexibility index (Phi) is 16.6. The summed E-state index contributed by atoms with van der Waals surface area (Å²) in [5.41, 5.74) is 11.7. The molecule has 5 atom stereocenters. The van der Waals surface area contributed by atoms with E-state index in [1.807, 2.05) is 0 Å². The lowest BCUT2D eigenvalue weighted by Crippen LogP contribution is -2.56. The maximum Gasteiger partial charge on any atom is 0.325 e. The normalized spacial score (nSPS) is 14.0. The second-order valence-electron chi connectivity index (χ2n) is 10.4. The Bertz CT molecular complexity index is 1190. The second kappa shape index (κ2) is 19.5. The Labute approximate surface area is 259 Å². The van der Waals surface area contributed by atoms with Crippen LogP contribution in [0.15, 0.2) is 24.3 Å². The van der Waals surface area contributed by atoms with E-state index in [0.29, 0.717) is 24.9 Å². The van der Waals surface area contributed by atoms with Crippen LogP contribution in [-0.4, -0.2) is 100 Å². The summed E-state index contributed by atoms with van der Waals surface area (Å²) < 4.78 is 0. The van der Waals surface area contributed by atoms with Crippen molar-refractivity contribution < 1.29 is 48.9 Å². The van der Waals surface area contributed by atoms with E-state index in [-0.39, 0.29) is 31.4 Å². The van der Waals surface area contributed by atoms with Gasteiger partial charge in [-0.25, -0.2) is 0 Å². The number of carboxylic acid groups (broad SMARTS) is 2. The zero-order chi connectivity index (χ0) is 34.1. The number of aliphatic carboxylic acids is 2. The Balaban J connectivity index is 2.87. The highest BCUT2D eigenvalue weighted by molar-refractivity contribution is 5.95. The molecule has 0 aliphatic rings. The number of hydrogen-bond donors (Lipinski definition) is 10. The molecule has 1 rings (SSSR count). The van der Waals surface area contributed by atoms with Crippen molar-refractivity contribution in [2.75, 3.05) is 13.1 Å². The van der Waals surface area contributed by atoms with Crippen LogP contribution in [0.4, 0.5) is 0 Å². The van der Waals surface area contributed by atoms with Crippen molar-refractivity contribution in [1.29, 1.82) is 0 Å². The Morgan fingerprint density at radius 3 is 1.96 bits per heavy atom. The molecule has 5 amide bonds. The van der Waals surface area contributed by atoms with Gasteiger partial charge in [-0.2, -0.15) is 0 Å². The number of amides is 5. The van der Waals surface area contributed by atoms with Gasteiger partial charge in [0.15, 0.2) is 0 Å². The van der Waals surface area contributed by atoms with Crippen LogP contribution >= 0.6 is 0 Å². The standard InChI is InChI=1S/C28H43N7O10/c1-15(32-25(41)19(30)10-11-23(38)39)24(40)35-20(5-3-4-12-29)26(42)31-14-22(37)34-21(27(43)33-16(2)28(44)45)13-17-6-8-18(36)9-7-17/h6-9,15-16,19-21,36H,3-5,10-14,29-30H2,1-2H3,(H,31,42)(H,32,41)(H,33,43)(H,34,37)(H,35,40)(H,38,39)(H,44,45)/t15-,16-,19-,20-,21-/m0/s1. The van der Waals surface area contributed by atoms with Crippen molar-refractivity contribution in [2.24, 2.45) is 11.5 Å². The SMILES string of the molecule is C[C@H](NC(=O)[C@H](Cc1ccc(O)cc1)NC(=O)CNC(=O)[C@H](CCCCN)NC(=O)[C@H](C)NC(=O)[C@@H](N)CCC(=O)O)C(=O)O. The van der Waals surface area contributed by atoms with Crippen molar-refractivity contribution in [3.63, 3.8) is 0 Å². The van der Waals surface area contributed by atoms with Crippen molar-refractivity contribution in [3.05, 3.63) is 29.8 Å². The lowest BCUT2D eigenvalue weighted by Gasteiger charge is -2.23. The quantitative estimate of drug-likeness (QED) is 0.0660. The molecule has 0 aliphatic carbocycles. The van der Waals surface area contributed by atoms with Gasteiger partial charge in [0.1, 0.15) is 29.9 Å². The summed E-state index contributed by atoms with van der Waals surface area (Å²) in [6.07, 6.45) is 0.591. The third kappa shape index (κ3) is 15.0. The number of phenolic OH excluding ortho intramolecular Hbond substituents is 1. The van der Waals surface area contributed by atoms with Crippen LogP contribution in [0, 0.1) is 0 Å². The number of carbonyl (C=O) groups excluding carboxylic acids is 5. The van der Waals surface area contributed by atoms with Crippen LogP contribution in [0.2, 0.25) is 0 Å². The first-order valence-corrected chi connectivity index (χ1v) is 14.3. The van der Waals surface area contributed by atoms with Gasteiger partial charge in [-0.1, -0.05) is 12.1 Å². The van der Waals surface area contributed by atoms with E-state index in [2.05, 4.69) is 26.6 Å². The fraction of sp³-hybridized carbons (Fsp3) is 0.536. The van der Waals surface area contributed by atoms with Crippen LogP contribution in [0.3, 0.4) is 0 Å². The van der Waals surface area contributed by atoms with Gasteiger partial charge in [0.2, 0.25) is 29.5 Å². The summed E-state index contributed by atoms with van der Waals surface area (Å²) in [4.78, 5) is 85.4. The topological polar surface area (TPSA) is 292 Å². The van der Waals surface area contributed by atoms with E-state index < -0.39 is 78.2 Å².